The number of halogens is 4. The molecule has 0 aliphatic heterocycles. The highest BCUT2D eigenvalue weighted by Gasteiger charge is 2.29. The van der Waals surface area contributed by atoms with Crippen molar-refractivity contribution >= 4 is 30.0 Å². The number of ether oxygens (including phenoxy) is 2. The van der Waals surface area contributed by atoms with Crippen LogP contribution in [0.15, 0.2) is 12.1 Å². The number of carbonyl (C=O) groups is 1. The highest BCUT2D eigenvalue weighted by molar-refractivity contribution is 6.32. The summed E-state index contributed by atoms with van der Waals surface area (Å²) in [5.41, 5.74) is 5.64. The number of hydrogen-bond donors (Lipinski definition) is 1. The third kappa shape index (κ3) is 4.98. The third-order valence-electron chi connectivity index (χ3n) is 2.52. The van der Waals surface area contributed by atoms with E-state index in [-0.39, 0.29) is 42.0 Å². The summed E-state index contributed by atoms with van der Waals surface area (Å²) in [6.45, 7) is 3.48. The second-order valence-corrected chi connectivity index (χ2v) is 4.33. The fourth-order valence-corrected chi connectivity index (χ4v) is 1.86. The van der Waals surface area contributed by atoms with E-state index in [1.165, 1.54) is 6.07 Å². The van der Waals surface area contributed by atoms with Gasteiger partial charge < -0.3 is 15.2 Å². The van der Waals surface area contributed by atoms with Gasteiger partial charge in [0.2, 0.25) is 6.17 Å². The van der Waals surface area contributed by atoms with Gasteiger partial charge in [-0.3, -0.25) is 0 Å². The van der Waals surface area contributed by atoms with E-state index >= 15 is 0 Å². The van der Waals surface area contributed by atoms with Gasteiger partial charge in [0, 0.05) is 0 Å². The molecule has 8 heteroatoms. The van der Waals surface area contributed by atoms with Crippen LogP contribution < -0.4 is 10.5 Å². The van der Waals surface area contributed by atoms with Gasteiger partial charge in [-0.05, 0) is 31.5 Å². The van der Waals surface area contributed by atoms with Gasteiger partial charge in [0.25, 0.3) is 0 Å². The first-order valence-corrected chi connectivity index (χ1v) is 6.48. The zero-order chi connectivity index (χ0) is 15.3. The molecule has 0 aliphatic rings. The van der Waals surface area contributed by atoms with Crippen LogP contribution in [0.3, 0.4) is 0 Å². The summed E-state index contributed by atoms with van der Waals surface area (Å²) in [5.74, 6) is -1.98. The predicted molar refractivity (Wildman–Crippen MR) is 78.3 cm³/mol. The highest BCUT2D eigenvalue weighted by atomic mass is 35.5. The number of benzene rings is 1. The van der Waals surface area contributed by atoms with Crippen molar-refractivity contribution in [2.75, 3.05) is 13.2 Å². The van der Waals surface area contributed by atoms with Crippen LogP contribution in [0.1, 0.15) is 25.5 Å². The SMILES string of the molecule is CCOC(=O)C(F)[C@@H](N)c1cc(F)c(OCC)c(Cl)c1.Cl. The van der Waals surface area contributed by atoms with Crippen LogP contribution in [0.25, 0.3) is 0 Å². The van der Waals surface area contributed by atoms with Crippen LogP contribution in [0.4, 0.5) is 8.78 Å². The van der Waals surface area contributed by atoms with Crippen LogP contribution in [-0.4, -0.2) is 25.4 Å². The molecule has 1 aromatic rings. The molecule has 2 N–H and O–H groups in total. The van der Waals surface area contributed by atoms with E-state index in [0.29, 0.717) is 0 Å². The van der Waals surface area contributed by atoms with Gasteiger partial charge in [0.1, 0.15) is 0 Å². The number of nitrogens with two attached hydrogens (primary N) is 1. The van der Waals surface area contributed by atoms with Gasteiger partial charge in [-0.25, -0.2) is 13.6 Å². The summed E-state index contributed by atoms with van der Waals surface area (Å²) in [6, 6.07) is 0.899. The Morgan fingerprint density at radius 1 is 1.38 bits per heavy atom. The molecule has 0 fully saturated rings. The molecule has 120 valence electrons. The molecule has 1 aromatic carbocycles. The smallest absolute Gasteiger partial charge is 0.342 e. The molecule has 0 aliphatic carbocycles. The summed E-state index contributed by atoms with van der Waals surface area (Å²) in [7, 11) is 0. The standard InChI is InChI=1S/C13H16ClF2NO3.ClH/c1-3-19-12-8(14)5-7(6-9(12)15)11(17)10(16)13(18)20-4-2;/h5-6,10-11H,3-4,17H2,1-2H3;1H/t10?,11-;/m0./s1. The van der Waals surface area contributed by atoms with Crippen molar-refractivity contribution in [1.82, 2.24) is 0 Å². The van der Waals surface area contributed by atoms with Crippen LogP contribution in [0, 0.1) is 5.82 Å². The van der Waals surface area contributed by atoms with Crippen molar-refractivity contribution < 1.29 is 23.0 Å². The number of rotatable bonds is 6. The maximum Gasteiger partial charge on any atom is 0.342 e. The molecule has 2 atom stereocenters. The number of esters is 1. The molecule has 1 unspecified atom stereocenters. The van der Waals surface area contributed by atoms with E-state index < -0.39 is 24.0 Å². The Hall–Kier alpha value is -1.11. The Morgan fingerprint density at radius 3 is 2.48 bits per heavy atom. The minimum atomic E-state index is -2.09. The normalized spacial score (nSPS) is 13.0. The van der Waals surface area contributed by atoms with Gasteiger partial charge in [0.15, 0.2) is 11.6 Å². The Labute approximate surface area is 133 Å². The monoisotopic (exact) mass is 343 g/mol. The molecule has 0 aromatic heterocycles. The fraction of sp³-hybridized carbons (Fsp3) is 0.462. The molecular formula is C13H17Cl2F2NO3. The first-order valence-electron chi connectivity index (χ1n) is 6.10. The molecule has 0 radical (unpaired) electrons. The molecule has 0 saturated carbocycles. The van der Waals surface area contributed by atoms with Gasteiger partial charge in [-0.15, -0.1) is 12.4 Å². The molecule has 21 heavy (non-hydrogen) atoms. The molecular weight excluding hydrogens is 327 g/mol. The summed E-state index contributed by atoms with van der Waals surface area (Å²) in [6.07, 6.45) is -2.09. The second kappa shape index (κ2) is 9.02. The lowest BCUT2D eigenvalue weighted by Gasteiger charge is -2.17. The first-order chi connectivity index (χ1) is 9.42. The Balaban J connectivity index is 0.00000400. The quantitative estimate of drug-likeness (QED) is 0.805. The van der Waals surface area contributed by atoms with E-state index in [4.69, 9.17) is 22.1 Å². The van der Waals surface area contributed by atoms with Crippen LogP contribution in [-0.2, 0) is 9.53 Å². The maximum absolute atomic E-state index is 13.8. The molecule has 0 heterocycles. The topological polar surface area (TPSA) is 61.5 Å². The van der Waals surface area contributed by atoms with Gasteiger partial charge in [-0.1, -0.05) is 11.6 Å². The van der Waals surface area contributed by atoms with Crippen molar-refractivity contribution in [2.24, 2.45) is 5.73 Å². The Kier molecular flexibility index (Phi) is 8.54. The lowest BCUT2D eigenvalue weighted by Crippen LogP contribution is -2.31. The van der Waals surface area contributed by atoms with Crippen molar-refractivity contribution in [2.45, 2.75) is 26.1 Å². The number of hydrogen-bond acceptors (Lipinski definition) is 4. The Morgan fingerprint density at radius 2 is 2.00 bits per heavy atom. The van der Waals surface area contributed by atoms with Crippen molar-refractivity contribution in [3.8, 4) is 5.75 Å². The van der Waals surface area contributed by atoms with E-state index in [1.54, 1.807) is 13.8 Å². The van der Waals surface area contributed by atoms with E-state index in [9.17, 15) is 13.6 Å². The largest absolute Gasteiger partial charge is 0.489 e. The van der Waals surface area contributed by atoms with Gasteiger partial charge >= 0.3 is 5.97 Å². The minimum Gasteiger partial charge on any atom is -0.489 e. The van der Waals surface area contributed by atoms with E-state index in [0.717, 1.165) is 6.07 Å². The number of carbonyl (C=O) groups excluding carboxylic acids is 1. The zero-order valence-electron chi connectivity index (χ0n) is 11.6. The van der Waals surface area contributed by atoms with Crippen molar-refractivity contribution in [1.29, 1.82) is 0 Å². The van der Waals surface area contributed by atoms with Crippen molar-refractivity contribution in [3.05, 3.63) is 28.5 Å². The molecule has 0 bridgehead atoms. The summed E-state index contributed by atoms with van der Waals surface area (Å²) in [4.78, 5) is 11.3. The van der Waals surface area contributed by atoms with E-state index in [1.807, 2.05) is 0 Å². The van der Waals surface area contributed by atoms with Gasteiger partial charge in [-0.2, -0.15) is 0 Å². The average molecular weight is 344 g/mol. The van der Waals surface area contributed by atoms with Crippen LogP contribution >= 0.6 is 24.0 Å². The predicted octanol–water partition coefficient (Wildman–Crippen LogP) is 3.20. The summed E-state index contributed by atoms with van der Waals surface area (Å²) in [5, 5.41) is -0.0339. The van der Waals surface area contributed by atoms with Crippen LogP contribution in [0.5, 0.6) is 5.75 Å². The third-order valence-corrected chi connectivity index (χ3v) is 2.80. The lowest BCUT2D eigenvalue weighted by molar-refractivity contribution is -0.149. The van der Waals surface area contributed by atoms with E-state index in [2.05, 4.69) is 4.74 Å². The minimum absolute atomic E-state index is 0. The molecule has 1 rings (SSSR count). The Bertz CT molecular complexity index is 465. The average Bonchev–Trinajstić information content (AvgIpc) is 2.41. The molecule has 4 nitrogen and oxygen atoms in total. The molecule has 0 amide bonds. The second-order valence-electron chi connectivity index (χ2n) is 3.93. The molecule has 0 spiro atoms. The first kappa shape index (κ1) is 19.9. The van der Waals surface area contributed by atoms with Crippen molar-refractivity contribution in [3.63, 3.8) is 0 Å². The maximum atomic E-state index is 13.8. The molecule has 0 saturated heterocycles. The number of alkyl halides is 1. The van der Waals surface area contributed by atoms with Crippen LogP contribution in [0.2, 0.25) is 5.02 Å². The lowest BCUT2D eigenvalue weighted by atomic mass is 10.0. The highest BCUT2D eigenvalue weighted by Crippen LogP contribution is 2.32. The summed E-state index contributed by atoms with van der Waals surface area (Å²) >= 11 is 5.84. The zero-order valence-corrected chi connectivity index (χ0v) is 13.1. The summed E-state index contributed by atoms with van der Waals surface area (Å²) < 4.78 is 37.1. The van der Waals surface area contributed by atoms with Gasteiger partial charge in [0.05, 0.1) is 24.3 Å². The fourth-order valence-electron chi connectivity index (χ4n) is 1.59.